The van der Waals surface area contributed by atoms with Crippen molar-refractivity contribution in [1.82, 2.24) is 10.2 Å². The molecule has 7 heteroatoms. The minimum Gasteiger partial charge on any atom is -0.493 e. The molecule has 1 atom stereocenters. The van der Waals surface area contributed by atoms with Gasteiger partial charge in [0.15, 0.2) is 11.5 Å². The van der Waals surface area contributed by atoms with Crippen LogP contribution < -0.4 is 14.8 Å². The van der Waals surface area contributed by atoms with Crippen LogP contribution in [-0.2, 0) is 4.79 Å². The highest BCUT2D eigenvalue weighted by Crippen LogP contribution is 2.30. The number of unbranched alkanes of at least 4 members (excludes halogenated alkanes) is 2. The number of methoxy groups -OCH3 is 1. The molecule has 7 nitrogen and oxygen atoms in total. The molecule has 0 bridgehead atoms. The summed E-state index contributed by atoms with van der Waals surface area (Å²) in [7, 11) is 1.61. The number of carbonyl (C=O) groups is 2. The maximum atomic E-state index is 12.5. The Kier molecular flexibility index (Phi) is 8.42. The molecule has 1 aliphatic rings. The summed E-state index contributed by atoms with van der Waals surface area (Å²) < 4.78 is 11.2. The number of carboxylic acid groups (broad SMARTS) is 1. The van der Waals surface area contributed by atoms with Gasteiger partial charge in [-0.05, 0) is 43.9 Å². The normalized spacial score (nSPS) is 15.8. The van der Waals surface area contributed by atoms with Crippen molar-refractivity contribution < 1.29 is 24.2 Å². The fraction of sp³-hybridized carbons (Fsp3) is 0.619. The van der Waals surface area contributed by atoms with Gasteiger partial charge in [0.05, 0.1) is 25.7 Å². The number of amides is 2. The number of carboxylic acids is 1. The summed E-state index contributed by atoms with van der Waals surface area (Å²) >= 11 is 0. The Morgan fingerprint density at radius 1 is 1.25 bits per heavy atom. The van der Waals surface area contributed by atoms with E-state index < -0.39 is 5.97 Å². The van der Waals surface area contributed by atoms with Crippen molar-refractivity contribution in [1.29, 1.82) is 0 Å². The van der Waals surface area contributed by atoms with Crippen LogP contribution in [0, 0.1) is 5.92 Å². The number of hydrogen-bond acceptors (Lipinski definition) is 4. The molecule has 0 saturated carbocycles. The lowest BCUT2D eigenvalue weighted by molar-refractivity contribution is -0.143. The maximum absolute atomic E-state index is 12.5. The molecule has 0 radical (unpaired) electrons. The number of nitrogens with one attached hydrogen (secondary N) is 1. The monoisotopic (exact) mass is 392 g/mol. The molecule has 0 aliphatic carbocycles. The fourth-order valence-corrected chi connectivity index (χ4v) is 3.30. The van der Waals surface area contributed by atoms with Crippen LogP contribution in [0.1, 0.15) is 57.6 Å². The van der Waals surface area contributed by atoms with Crippen molar-refractivity contribution in [2.75, 3.05) is 26.8 Å². The van der Waals surface area contributed by atoms with E-state index in [9.17, 15) is 9.59 Å². The van der Waals surface area contributed by atoms with E-state index in [-0.39, 0.29) is 18.0 Å². The molecule has 1 aromatic carbocycles. The van der Waals surface area contributed by atoms with E-state index in [1.807, 2.05) is 25.1 Å². The average Bonchev–Trinajstić information content (AvgIpc) is 2.71. The molecular formula is C21H32N2O5. The third kappa shape index (κ3) is 6.04. The van der Waals surface area contributed by atoms with Crippen molar-refractivity contribution in [2.24, 2.45) is 5.92 Å². The zero-order valence-electron chi connectivity index (χ0n) is 17.1. The quantitative estimate of drug-likeness (QED) is 0.624. The van der Waals surface area contributed by atoms with E-state index in [1.165, 1.54) is 0 Å². The lowest BCUT2D eigenvalue weighted by atomic mass is 9.97. The van der Waals surface area contributed by atoms with Crippen LogP contribution in [0.15, 0.2) is 18.2 Å². The van der Waals surface area contributed by atoms with Crippen molar-refractivity contribution in [3.8, 4) is 11.5 Å². The molecule has 156 valence electrons. The Balaban J connectivity index is 1.91. The van der Waals surface area contributed by atoms with Gasteiger partial charge in [0, 0.05) is 13.1 Å². The van der Waals surface area contributed by atoms with Gasteiger partial charge in [-0.15, -0.1) is 0 Å². The van der Waals surface area contributed by atoms with E-state index in [1.54, 1.807) is 12.0 Å². The summed E-state index contributed by atoms with van der Waals surface area (Å²) in [6.07, 6.45) is 4.27. The van der Waals surface area contributed by atoms with E-state index in [0.717, 1.165) is 24.8 Å². The molecule has 1 aromatic rings. The SMILES string of the molecule is CCCCCOc1ccc(C(C)NC(=O)N2CCC(C(=O)O)CC2)cc1OC. The number of piperidine rings is 1. The number of carbonyl (C=O) groups excluding carboxylic acids is 1. The van der Waals surface area contributed by atoms with Crippen LogP contribution in [0.5, 0.6) is 11.5 Å². The molecule has 2 amide bonds. The topological polar surface area (TPSA) is 88.1 Å². The van der Waals surface area contributed by atoms with Crippen LogP contribution in [0.3, 0.4) is 0 Å². The fourth-order valence-electron chi connectivity index (χ4n) is 3.30. The number of hydrogen-bond donors (Lipinski definition) is 2. The standard InChI is InChI=1S/C21H32N2O5/c1-4-5-6-13-28-18-8-7-17(14-19(18)27-3)15(2)22-21(26)23-11-9-16(10-12-23)20(24)25/h7-8,14-16H,4-6,9-13H2,1-3H3,(H,22,26)(H,24,25). The molecule has 28 heavy (non-hydrogen) atoms. The highest BCUT2D eigenvalue weighted by molar-refractivity contribution is 5.76. The molecular weight excluding hydrogens is 360 g/mol. The Morgan fingerprint density at radius 2 is 1.96 bits per heavy atom. The second-order valence-corrected chi connectivity index (χ2v) is 7.24. The summed E-state index contributed by atoms with van der Waals surface area (Å²) in [6, 6.07) is 5.32. The highest BCUT2D eigenvalue weighted by Gasteiger charge is 2.27. The Bertz CT molecular complexity index is 656. The summed E-state index contributed by atoms with van der Waals surface area (Å²) in [5.41, 5.74) is 0.923. The van der Waals surface area contributed by atoms with Crippen LogP contribution >= 0.6 is 0 Å². The average molecular weight is 392 g/mol. The maximum Gasteiger partial charge on any atom is 0.317 e. The summed E-state index contributed by atoms with van der Waals surface area (Å²) in [4.78, 5) is 25.2. The number of likely N-dealkylation sites (tertiary alicyclic amines) is 1. The zero-order valence-corrected chi connectivity index (χ0v) is 17.1. The third-order valence-corrected chi connectivity index (χ3v) is 5.16. The summed E-state index contributed by atoms with van der Waals surface area (Å²) in [5.74, 6) is 0.224. The van der Waals surface area contributed by atoms with Gasteiger partial charge >= 0.3 is 12.0 Å². The van der Waals surface area contributed by atoms with Gasteiger partial charge in [-0.3, -0.25) is 4.79 Å². The predicted octanol–water partition coefficient (Wildman–Crippen LogP) is 3.83. The molecule has 1 aliphatic heterocycles. The molecule has 1 heterocycles. The Morgan fingerprint density at radius 3 is 2.57 bits per heavy atom. The van der Waals surface area contributed by atoms with Gasteiger partial charge in [-0.2, -0.15) is 0 Å². The van der Waals surface area contributed by atoms with Crippen LogP contribution in [0.4, 0.5) is 4.79 Å². The summed E-state index contributed by atoms with van der Waals surface area (Å²) in [5, 5.41) is 12.1. The van der Waals surface area contributed by atoms with Crippen molar-refractivity contribution in [3.05, 3.63) is 23.8 Å². The number of rotatable bonds is 9. The van der Waals surface area contributed by atoms with Gasteiger partial charge in [-0.1, -0.05) is 25.8 Å². The van der Waals surface area contributed by atoms with Crippen LogP contribution in [0.2, 0.25) is 0 Å². The van der Waals surface area contributed by atoms with Crippen molar-refractivity contribution in [3.63, 3.8) is 0 Å². The first-order valence-electron chi connectivity index (χ1n) is 10.0. The first-order valence-corrected chi connectivity index (χ1v) is 10.0. The van der Waals surface area contributed by atoms with Crippen molar-refractivity contribution in [2.45, 2.75) is 52.0 Å². The van der Waals surface area contributed by atoms with E-state index in [0.29, 0.717) is 44.0 Å². The zero-order chi connectivity index (χ0) is 20.5. The highest BCUT2D eigenvalue weighted by atomic mass is 16.5. The van der Waals surface area contributed by atoms with E-state index in [2.05, 4.69) is 12.2 Å². The molecule has 0 aromatic heterocycles. The van der Waals surface area contributed by atoms with E-state index >= 15 is 0 Å². The summed E-state index contributed by atoms with van der Waals surface area (Å²) in [6.45, 7) is 5.65. The third-order valence-electron chi connectivity index (χ3n) is 5.16. The van der Waals surface area contributed by atoms with Gasteiger partial charge in [0.25, 0.3) is 0 Å². The van der Waals surface area contributed by atoms with Gasteiger partial charge in [-0.25, -0.2) is 4.79 Å². The lowest BCUT2D eigenvalue weighted by Gasteiger charge is -2.31. The van der Waals surface area contributed by atoms with Crippen LogP contribution in [-0.4, -0.2) is 48.8 Å². The lowest BCUT2D eigenvalue weighted by Crippen LogP contribution is -2.46. The molecule has 2 rings (SSSR count). The minimum atomic E-state index is -0.780. The Hall–Kier alpha value is -2.44. The molecule has 1 unspecified atom stereocenters. The van der Waals surface area contributed by atoms with Gasteiger partial charge in [0.2, 0.25) is 0 Å². The first-order chi connectivity index (χ1) is 13.5. The molecule has 1 fully saturated rings. The Labute approximate surface area is 167 Å². The predicted molar refractivity (Wildman–Crippen MR) is 107 cm³/mol. The molecule has 2 N–H and O–H groups in total. The number of nitrogens with zero attached hydrogens (tertiary/aromatic N) is 1. The van der Waals surface area contributed by atoms with Crippen LogP contribution in [0.25, 0.3) is 0 Å². The molecule has 0 spiro atoms. The van der Waals surface area contributed by atoms with E-state index in [4.69, 9.17) is 14.6 Å². The second-order valence-electron chi connectivity index (χ2n) is 7.24. The number of aliphatic carboxylic acids is 1. The van der Waals surface area contributed by atoms with Crippen molar-refractivity contribution >= 4 is 12.0 Å². The van der Waals surface area contributed by atoms with Gasteiger partial charge in [0.1, 0.15) is 0 Å². The molecule has 1 saturated heterocycles. The second kappa shape index (κ2) is 10.8. The first kappa shape index (κ1) is 21.9. The van der Waals surface area contributed by atoms with Gasteiger partial charge < -0.3 is 24.8 Å². The largest absolute Gasteiger partial charge is 0.493 e. The number of urea groups is 1. The number of ether oxygens (including phenoxy) is 2. The minimum absolute atomic E-state index is 0.171. The number of benzene rings is 1. The smallest absolute Gasteiger partial charge is 0.317 e.